The van der Waals surface area contributed by atoms with Crippen LogP contribution in [0, 0.1) is 5.92 Å². The Morgan fingerprint density at radius 3 is 2.33 bits per heavy atom. The number of likely N-dealkylation sites (tertiary alicyclic amines) is 1. The molecular weight excluding hydrogens is 524 g/mol. The van der Waals surface area contributed by atoms with Gasteiger partial charge in [-0.1, -0.05) is 28.5 Å². The number of benzene rings is 2. The maximum Gasteiger partial charge on any atom is 0.434 e. The summed E-state index contributed by atoms with van der Waals surface area (Å²) in [6.07, 6.45) is 2.95. The van der Waals surface area contributed by atoms with Crippen molar-refractivity contribution in [2.45, 2.75) is 38.8 Å². The van der Waals surface area contributed by atoms with E-state index in [1.54, 1.807) is 36.3 Å². The largest absolute Gasteiger partial charge is 0.497 e. The van der Waals surface area contributed by atoms with Gasteiger partial charge in [-0.05, 0) is 73.6 Å². The fourth-order valence-corrected chi connectivity index (χ4v) is 5.28. The van der Waals surface area contributed by atoms with E-state index >= 15 is 0 Å². The second-order valence-corrected chi connectivity index (χ2v) is 10.3. The highest BCUT2D eigenvalue weighted by Gasteiger charge is 2.32. The molecule has 10 nitrogen and oxygen atoms in total. The van der Waals surface area contributed by atoms with Gasteiger partial charge in [-0.15, -0.1) is 0 Å². The number of piperidine rings is 1. The number of methoxy groups -OCH3 is 1. The van der Waals surface area contributed by atoms with E-state index in [2.05, 4.69) is 0 Å². The van der Waals surface area contributed by atoms with Crippen LogP contribution in [0.3, 0.4) is 0 Å². The Hall–Kier alpha value is -3.92. The van der Waals surface area contributed by atoms with E-state index in [9.17, 15) is 19.5 Å². The quantitative estimate of drug-likeness (QED) is 0.499. The smallest absolute Gasteiger partial charge is 0.434 e. The summed E-state index contributed by atoms with van der Waals surface area (Å²) >= 11 is 5.96. The molecule has 0 spiro atoms. The first kappa shape index (κ1) is 26.7. The van der Waals surface area contributed by atoms with Crippen LogP contribution in [0.15, 0.2) is 53.3 Å². The number of aromatic nitrogens is 2. The summed E-state index contributed by atoms with van der Waals surface area (Å²) in [7, 11) is 1.55. The van der Waals surface area contributed by atoms with Crippen molar-refractivity contribution in [1.29, 1.82) is 0 Å². The predicted molar refractivity (Wildman–Crippen MR) is 144 cm³/mol. The van der Waals surface area contributed by atoms with Gasteiger partial charge in [0.05, 0.1) is 13.7 Å². The van der Waals surface area contributed by atoms with Gasteiger partial charge in [0.25, 0.3) is 11.8 Å². The zero-order valence-corrected chi connectivity index (χ0v) is 22.5. The average Bonchev–Trinajstić information content (AvgIpc) is 3.21. The Kier molecular flexibility index (Phi) is 7.83. The van der Waals surface area contributed by atoms with Crippen LogP contribution in [-0.4, -0.2) is 62.9 Å². The van der Waals surface area contributed by atoms with Gasteiger partial charge in [0.2, 0.25) is 0 Å². The summed E-state index contributed by atoms with van der Waals surface area (Å²) in [5.74, 6) is 0.410. The van der Waals surface area contributed by atoms with Crippen molar-refractivity contribution in [1.82, 2.24) is 19.1 Å². The molecule has 2 aromatic carbocycles. The van der Waals surface area contributed by atoms with Crippen LogP contribution in [0.25, 0.3) is 0 Å². The van der Waals surface area contributed by atoms with Crippen molar-refractivity contribution >= 4 is 23.6 Å². The van der Waals surface area contributed by atoms with Crippen LogP contribution in [0.4, 0.5) is 4.79 Å². The Labute approximate surface area is 230 Å². The summed E-state index contributed by atoms with van der Waals surface area (Å²) in [5.41, 5.74) is 1.28. The van der Waals surface area contributed by atoms with Crippen LogP contribution < -0.4 is 15.3 Å². The molecule has 0 atom stereocenters. The SMILES string of the molecule is COc1ccc(C(=O)N2CCn3c(c(O)n(OC(=O)N4CCC(CCc5ccc(Cl)cc5)CC4)c3=O)C2)cc1. The highest BCUT2D eigenvalue weighted by molar-refractivity contribution is 6.30. The number of fused-ring (bicyclic) bond motifs is 1. The molecule has 0 radical (unpaired) electrons. The molecule has 0 unspecified atom stereocenters. The molecule has 11 heteroatoms. The number of nitrogens with zero attached hydrogens (tertiary/aromatic N) is 4. The highest BCUT2D eigenvalue weighted by Crippen LogP contribution is 2.25. The molecule has 0 aliphatic carbocycles. The van der Waals surface area contributed by atoms with Crippen molar-refractivity contribution in [3.63, 3.8) is 0 Å². The molecule has 39 heavy (non-hydrogen) atoms. The molecule has 1 aromatic heterocycles. The molecule has 5 rings (SSSR count). The molecule has 1 N–H and O–H groups in total. The lowest BCUT2D eigenvalue weighted by atomic mass is 9.91. The van der Waals surface area contributed by atoms with Crippen LogP contribution >= 0.6 is 11.6 Å². The summed E-state index contributed by atoms with van der Waals surface area (Å²) in [5, 5.41) is 11.5. The van der Waals surface area contributed by atoms with Gasteiger partial charge in [-0.25, -0.2) is 9.59 Å². The van der Waals surface area contributed by atoms with Crippen molar-refractivity contribution in [3.8, 4) is 11.6 Å². The number of carbonyl (C=O) groups excluding carboxylic acids is 2. The first-order chi connectivity index (χ1) is 18.8. The van der Waals surface area contributed by atoms with Gasteiger partial charge in [0, 0.05) is 36.8 Å². The minimum absolute atomic E-state index is 0.00942. The minimum Gasteiger partial charge on any atom is -0.497 e. The monoisotopic (exact) mass is 554 g/mol. The summed E-state index contributed by atoms with van der Waals surface area (Å²) in [4.78, 5) is 47.2. The lowest BCUT2D eigenvalue weighted by molar-refractivity contribution is 0.0672. The van der Waals surface area contributed by atoms with Crippen LogP contribution in [0.5, 0.6) is 11.6 Å². The number of aromatic hydroxyl groups is 1. The lowest BCUT2D eigenvalue weighted by Gasteiger charge is -2.31. The molecule has 2 amide bonds. The molecule has 0 saturated carbocycles. The molecule has 1 saturated heterocycles. The van der Waals surface area contributed by atoms with Crippen molar-refractivity contribution in [2.24, 2.45) is 5.92 Å². The van der Waals surface area contributed by atoms with Gasteiger partial charge < -0.3 is 24.5 Å². The lowest BCUT2D eigenvalue weighted by Crippen LogP contribution is -2.45. The van der Waals surface area contributed by atoms with Crippen LogP contribution in [0.1, 0.15) is 40.9 Å². The number of amides is 2. The molecule has 206 valence electrons. The zero-order valence-electron chi connectivity index (χ0n) is 21.7. The maximum atomic E-state index is 13.0. The molecule has 0 bridgehead atoms. The van der Waals surface area contributed by atoms with E-state index in [4.69, 9.17) is 21.2 Å². The molecule has 3 heterocycles. The second kappa shape index (κ2) is 11.4. The van der Waals surface area contributed by atoms with Crippen molar-refractivity contribution in [2.75, 3.05) is 26.7 Å². The Morgan fingerprint density at radius 2 is 1.67 bits per heavy atom. The third-order valence-electron chi connectivity index (χ3n) is 7.54. The van der Waals surface area contributed by atoms with Gasteiger partial charge in [-0.3, -0.25) is 9.36 Å². The number of imidazole rings is 1. The number of hydrogen-bond acceptors (Lipinski definition) is 6. The van der Waals surface area contributed by atoms with E-state index in [-0.39, 0.29) is 31.2 Å². The summed E-state index contributed by atoms with van der Waals surface area (Å²) in [6.45, 7) is 1.48. The molecule has 1 fully saturated rings. The number of aryl methyl sites for hydroxylation is 1. The average molecular weight is 555 g/mol. The standard InChI is InChI=1S/C28H31ClN4O6/c1-38-23-10-6-21(7-11-23)25(34)31-16-17-32-24(18-31)26(35)33(27(32)36)39-28(37)30-14-12-20(13-15-30)3-2-19-4-8-22(29)9-5-19/h4-11,20,35H,2-3,12-18H2,1H3. The van der Waals surface area contributed by atoms with E-state index in [1.807, 2.05) is 24.3 Å². The van der Waals surface area contributed by atoms with E-state index < -0.39 is 17.7 Å². The van der Waals surface area contributed by atoms with Crippen molar-refractivity contribution in [3.05, 3.63) is 80.9 Å². The second-order valence-electron chi connectivity index (χ2n) is 9.91. The van der Waals surface area contributed by atoms with E-state index in [0.29, 0.717) is 35.1 Å². The topological polar surface area (TPSA) is 106 Å². The first-order valence-electron chi connectivity index (χ1n) is 13.0. The maximum absolute atomic E-state index is 13.0. The van der Waals surface area contributed by atoms with Crippen LogP contribution in [0.2, 0.25) is 5.02 Å². The molecule has 2 aliphatic rings. The van der Waals surface area contributed by atoms with Crippen molar-refractivity contribution < 1.29 is 24.3 Å². The Balaban J connectivity index is 1.17. The number of halogens is 1. The highest BCUT2D eigenvalue weighted by atomic mass is 35.5. The van der Waals surface area contributed by atoms with E-state index in [0.717, 1.165) is 30.7 Å². The summed E-state index contributed by atoms with van der Waals surface area (Å²) < 4.78 is 7.10. The first-order valence-corrected chi connectivity index (χ1v) is 13.4. The number of hydrogen-bond donors (Lipinski definition) is 1. The molecular formula is C28H31ClN4O6. The fraction of sp³-hybridized carbons (Fsp3) is 0.393. The Morgan fingerprint density at radius 1 is 0.974 bits per heavy atom. The van der Waals surface area contributed by atoms with Gasteiger partial charge in [0.15, 0.2) is 0 Å². The van der Waals surface area contributed by atoms with Gasteiger partial charge in [-0.2, -0.15) is 0 Å². The molecule has 3 aromatic rings. The fourth-order valence-electron chi connectivity index (χ4n) is 5.15. The van der Waals surface area contributed by atoms with Gasteiger partial charge >= 0.3 is 11.8 Å². The van der Waals surface area contributed by atoms with E-state index in [1.165, 1.54) is 15.0 Å². The Bertz CT molecular complexity index is 1390. The number of rotatable bonds is 6. The minimum atomic E-state index is -0.683. The zero-order chi connectivity index (χ0) is 27.5. The van der Waals surface area contributed by atoms with Crippen LogP contribution in [-0.2, 0) is 19.5 Å². The molecule has 2 aliphatic heterocycles. The predicted octanol–water partition coefficient (Wildman–Crippen LogP) is 3.57. The number of ether oxygens (including phenoxy) is 1. The normalized spacial score (nSPS) is 15.6. The third-order valence-corrected chi connectivity index (χ3v) is 7.79. The third kappa shape index (κ3) is 5.75. The van der Waals surface area contributed by atoms with Gasteiger partial charge in [0.1, 0.15) is 11.4 Å². The summed E-state index contributed by atoms with van der Waals surface area (Å²) in [6, 6.07) is 14.6. The number of carbonyl (C=O) groups is 2.